The number of hydrogen-bond acceptors (Lipinski definition) is 5. The van der Waals surface area contributed by atoms with Gasteiger partial charge in [-0.25, -0.2) is 14.0 Å². The number of rotatable bonds is 3. The van der Waals surface area contributed by atoms with Gasteiger partial charge < -0.3 is 9.88 Å². The van der Waals surface area contributed by atoms with Gasteiger partial charge in [0.15, 0.2) is 0 Å². The maximum absolute atomic E-state index is 14.0. The summed E-state index contributed by atoms with van der Waals surface area (Å²) in [5.41, 5.74) is 7.89. The summed E-state index contributed by atoms with van der Waals surface area (Å²) in [4.78, 5) is 23.7. The van der Waals surface area contributed by atoms with Gasteiger partial charge in [0.1, 0.15) is 6.04 Å². The molecule has 6 aromatic rings. The number of carbonyl (C=O) groups is 1. The summed E-state index contributed by atoms with van der Waals surface area (Å²) in [6.07, 6.45) is 9.77. The van der Waals surface area contributed by atoms with E-state index in [4.69, 9.17) is 5.10 Å². The predicted molar refractivity (Wildman–Crippen MR) is 132 cm³/mol. The fourth-order valence-corrected chi connectivity index (χ4v) is 5.13. The normalized spacial score (nSPS) is 15.6. The number of aryl methyl sites for hydroxylation is 2. The van der Waals surface area contributed by atoms with Crippen molar-refractivity contribution in [3.63, 3.8) is 0 Å². The van der Waals surface area contributed by atoms with Crippen molar-refractivity contribution in [3.05, 3.63) is 95.7 Å². The maximum Gasteiger partial charge on any atom is 0.258 e. The predicted octanol–water partition coefficient (Wildman–Crippen LogP) is 3.20. The first kappa shape index (κ1) is 20.6. The lowest BCUT2D eigenvalue weighted by atomic mass is 9.98. The summed E-state index contributed by atoms with van der Waals surface area (Å²) in [5, 5.41) is 13.8. The lowest BCUT2D eigenvalue weighted by Gasteiger charge is -2.33. The van der Waals surface area contributed by atoms with Crippen molar-refractivity contribution >= 4 is 16.9 Å². The second-order valence-electron chi connectivity index (χ2n) is 9.19. The van der Waals surface area contributed by atoms with E-state index in [9.17, 15) is 4.79 Å². The van der Waals surface area contributed by atoms with Crippen molar-refractivity contribution in [2.45, 2.75) is 19.4 Å². The third-order valence-electron chi connectivity index (χ3n) is 6.95. The largest absolute Gasteiger partial charge is 0.348 e. The Hall–Kier alpha value is -4.73. The van der Waals surface area contributed by atoms with E-state index in [0.29, 0.717) is 18.5 Å². The number of H-pyrrole nitrogens is 1. The van der Waals surface area contributed by atoms with Gasteiger partial charge in [0.2, 0.25) is 0 Å². The van der Waals surface area contributed by atoms with E-state index in [0.717, 1.165) is 44.9 Å². The maximum atomic E-state index is 14.0. The van der Waals surface area contributed by atoms with Crippen LogP contribution in [-0.2, 0) is 13.5 Å². The Balaban J connectivity index is 1.31. The zero-order valence-electron chi connectivity index (χ0n) is 19.8. The third-order valence-corrected chi connectivity index (χ3v) is 6.95. The fourth-order valence-electron chi connectivity index (χ4n) is 5.13. The Bertz CT molecular complexity index is 1770. The SMILES string of the molecule is Cc1cccn2nc([C@H]3c4nc[nH]c4CCN3C(=O)c3cnn4cc(-c5ccn(C)n5)ccc34)cc12. The zero-order chi connectivity index (χ0) is 24.4. The molecule has 0 bridgehead atoms. The number of imidazole rings is 1. The van der Waals surface area contributed by atoms with Gasteiger partial charge in [-0.2, -0.15) is 15.3 Å². The highest BCUT2D eigenvalue weighted by molar-refractivity contribution is 6.01. The number of fused-ring (bicyclic) bond motifs is 3. The van der Waals surface area contributed by atoms with Crippen LogP contribution in [0.4, 0.5) is 0 Å². The van der Waals surface area contributed by atoms with Gasteiger partial charge >= 0.3 is 0 Å². The van der Waals surface area contributed by atoms with Crippen LogP contribution in [0, 0.1) is 6.92 Å². The van der Waals surface area contributed by atoms with Gasteiger partial charge in [0, 0.05) is 49.9 Å². The Kier molecular flexibility index (Phi) is 4.38. The standard InChI is InChI=1S/C26H23N9O/c1-16-4-3-9-34-23(16)12-21(31-34)25-24-20(27-15-28-24)8-11-33(25)26(36)18-13-29-35-14-17(5-6-22(18)35)19-7-10-32(2)30-19/h3-7,9-10,12-15,25H,8,11H2,1-2H3,(H,27,28)/t25-/m0/s1. The van der Waals surface area contributed by atoms with Gasteiger partial charge in [0.05, 0.1) is 46.2 Å². The molecule has 0 saturated carbocycles. The highest BCUT2D eigenvalue weighted by atomic mass is 16.2. The molecule has 6 aromatic heterocycles. The number of pyridine rings is 2. The highest BCUT2D eigenvalue weighted by Crippen LogP contribution is 2.35. The number of carbonyl (C=O) groups excluding carboxylic acids is 1. The quantitative estimate of drug-likeness (QED) is 0.422. The molecule has 178 valence electrons. The molecule has 0 radical (unpaired) electrons. The van der Waals surface area contributed by atoms with Crippen molar-refractivity contribution in [2.75, 3.05) is 6.54 Å². The van der Waals surface area contributed by atoms with Crippen LogP contribution >= 0.6 is 0 Å². The molecular formula is C26H23N9O. The van der Waals surface area contributed by atoms with Gasteiger partial charge in [-0.05, 0) is 42.8 Å². The molecule has 36 heavy (non-hydrogen) atoms. The molecule has 0 saturated heterocycles. The van der Waals surface area contributed by atoms with Crippen LogP contribution in [0.15, 0.2) is 67.5 Å². The van der Waals surface area contributed by atoms with Crippen molar-refractivity contribution in [2.24, 2.45) is 7.05 Å². The van der Waals surface area contributed by atoms with E-state index >= 15 is 0 Å². The minimum absolute atomic E-state index is 0.0944. The van der Waals surface area contributed by atoms with Crippen molar-refractivity contribution in [1.29, 1.82) is 0 Å². The molecule has 1 amide bonds. The molecular weight excluding hydrogens is 454 g/mol. The highest BCUT2D eigenvalue weighted by Gasteiger charge is 2.37. The van der Waals surface area contributed by atoms with E-state index in [-0.39, 0.29) is 5.91 Å². The molecule has 7 heterocycles. The van der Waals surface area contributed by atoms with Crippen LogP contribution in [0.2, 0.25) is 0 Å². The van der Waals surface area contributed by atoms with Gasteiger partial charge in [-0.1, -0.05) is 6.07 Å². The van der Waals surface area contributed by atoms with Crippen molar-refractivity contribution < 1.29 is 4.79 Å². The molecule has 1 N–H and O–H groups in total. The van der Waals surface area contributed by atoms with Crippen LogP contribution in [0.5, 0.6) is 0 Å². The molecule has 10 nitrogen and oxygen atoms in total. The van der Waals surface area contributed by atoms with E-state index in [1.165, 1.54) is 0 Å². The summed E-state index contributed by atoms with van der Waals surface area (Å²) in [6, 6.07) is 11.5. The monoisotopic (exact) mass is 477 g/mol. The zero-order valence-corrected chi connectivity index (χ0v) is 19.8. The molecule has 0 aliphatic carbocycles. The number of nitrogens with one attached hydrogen (secondary N) is 1. The second kappa shape index (κ2) is 7.64. The lowest BCUT2D eigenvalue weighted by molar-refractivity contribution is 0.0689. The molecule has 0 unspecified atom stereocenters. The summed E-state index contributed by atoms with van der Waals surface area (Å²) >= 11 is 0. The van der Waals surface area contributed by atoms with Gasteiger partial charge in [0.25, 0.3) is 5.91 Å². The fraction of sp³-hybridized carbons (Fsp3) is 0.192. The first-order chi connectivity index (χ1) is 17.6. The van der Waals surface area contributed by atoms with E-state index in [1.54, 1.807) is 21.7 Å². The number of nitrogens with zero attached hydrogens (tertiary/aromatic N) is 8. The molecule has 0 aromatic carbocycles. The van der Waals surface area contributed by atoms with E-state index in [1.807, 2.05) is 59.3 Å². The number of aromatic amines is 1. The first-order valence-corrected chi connectivity index (χ1v) is 11.8. The summed E-state index contributed by atoms with van der Waals surface area (Å²) in [7, 11) is 1.89. The minimum atomic E-state index is -0.394. The summed E-state index contributed by atoms with van der Waals surface area (Å²) in [5.74, 6) is -0.0944. The van der Waals surface area contributed by atoms with E-state index in [2.05, 4.69) is 39.2 Å². The van der Waals surface area contributed by atoms with Gasteiger partial charge in [-0.3, -0.25) is 9.48 Å². The van der Waals surface area contributed by atoms with Crippen LogP contribution in [0.1, 0.15) is 39.0 Å². The average molecular weight is 478 g/mol. The molecule has 7 rings (SSSR count). The second-order valence-corrected chi connectivity index (χ2v) is 9.19. The Morgan fingerprint density at radius 2 is 2.00 bits per heavy atom. The smallest absolute Gasteiger partial charge is 0.258 e. The summed E-state index contributed by atoms with van der Waals surface area (Å²) < 4.78 is 5.37. The molecule has 1 aliphatic rings. The first-order valence-electron chi connectivity index (χ1n) is 11.8. The van der Waals surface area contributed by atoms with Crippen LogP contribution in [0.3, 0.4) is 0 Å². The third kappa shape index (κ3) is 3.07. The van der Waals surface area contributed by atoms with E-state index < -0.39 is 6.04 Å². The van der Waals surface area contributed by atoms with Crippen LogP contribution in [-0.4, -0.2) is 56.3 Å². The number of amides is 1. The van der Waals surface area contributed by atoms with Crippen LogP contribution < -0.4 is 0 Å². The molecule has 0 spiro atoms. The minimum Gasteiger partial charge on any atom is -0.348 e. The number of hydrogen-bond donors (Lipinski definition) is 1. The average Bonchev–Trinajstić information content (AvgIpc) is 3.68. The molecule has 1 atom stereocenters. The van der Waals surface area contributed by atoms with Gasteiger partial charge in [-0.15, -0.1) is 0 Å². The molecule has 10 heteroatoms. The topological polar surface area (TPSA) is 101 Å². The van der Waals surface area contributed by atoms with Crippen molar-refractivity contribution in [3.8, 4) is 11.3 Å². The lowest BCUT2D eigenvalue weighted by Crippen LogP contribution is -2.41. The number of aromatic nitrogens is 8. The Morgan fingerprint density at radius 1 is 1.08 bits per heavy atom. The molecule has 1 aliphatic heterocycles. The summed E-state index contributed by atoms with van der Waals surface area (Å²) in [6.45, 7) is 2.61. The molecule has 0 fully saturated rings. The Labute approximate surface area is 205 Å². The van der Waals surface area contributed by atoms with Crippen molar-refractivity contribution in [1.82, 2.24) is 43.9 Å². The van der Waals surface area contributed by atoms with Crippen LogP contribution in [0.25, 0.3) is 22.3 Å². The Morgan fingerprint density at radius 3 is 2.83 bits per heavy atom.